The molecular weight excluding hydrogens is 265 g/mol. The first-order valence-electron chi connectivity index (χ1n) is 4.16. The van der Waals surface area contributed by atoms with Crippen molar-refractivity contribution in [2.24, 2.45) is 0 Å². The molecule has 0 aromatic heterocycles. The van der Waals surface area contributed by atoms with Gasteiger partial charge in [-0.3, -0.25) is 0 Å². The van der Waals surface area contributed by atoms with E-state index in [-0.39, 0.29) is 17.7 Å². The molecule has 0 aliphatic carbocycles. The van der Waals surface area contributed by atoms with Crippen LogP contribution in [0.3, 0.4) is 0 Å². The molecule has 1 rings (SSSR count). The molecule has 0 spiro atoms. The zero-order valence-corrected chi connectivity index (χ0v) is 9.47. The van der Waals surface area contributed by atoms with Crippen molar-refractivity contribution < 1.29 is 13.9 Å². The minimum Gasteiger partial charge on any atom is -0.462 e. The van der Waals surface area contributed by atoms with Crippen molar-refractivity contribution in [3.63, 3.8) is 0 Å². The van der Waals surface area contributed by atoms with E-state index in [0.717, 1.165) is 6.07 Å². The number of halogens is 2. The monoisotopic (exact) mass is 271 g/mol. The predicted molar refractivity (Wildman–Crippen MR) is 54.8 cm³/mol. The number of carbonyl (C=O) groups is 1. The molecule has 0 aliphatic rings. The summed E-state index contributed by atoms with van der Waals surface area (Å²) in [5.74, 6) is -1.49. The Labute approximate surface area is 94.6 Å². The van der Waals surface area contributed by atoms with Crippen molar-refractivity contribution in [1.82, 2.24) is 0 Å². The van der Waals surface area contributed by atoms with Crippen molar-refractivity contribution in [1.29, 1.82) is 5.26 Å². The molecule has 0 amide bonds. The van der Waals surface area contributed by atoms with Crippen LogP contribution in [0, 0.1) is 17.1 Å². The Kier molecular flexibility index (Phi) is 3.81. The van der Waals surface area contributed by atoms with Gasteiger partial charge in [0.25, 0.3) is 0 Å². The minimum atomic E-state index is -0.756. The maximum Gasteiger partial charge on any atom is 0.341 e. The van der Waals surface area contributed by atoms with E-state index in [4.69, 9.17) is 5.26 Å². The highest BCUT2D eigenvalue weighted by atomic mass is 79.9. The van der Waals surface area contributed by atoms with Crippen LogP contribution in [0.2, 0.25) is 0 Å². The van der Waals surface area contributed by atoms with E-state index in [1.54, 1.807) is 13.0 Å². The maximum absolute atomic E-state index is 13.3. The van der Waals surface area contributed by atoms with E-state index in [1.165, 1.54) is 6.07 Å². The number of benzene rings is 1. The number of ether oxygens (including phenoxy) is 1. The molecule has 1 aromatic rings. The molecule has 3 nitrogen and oxygen atoms in total. The van der Waals surface area contributed by atoms with Gasteiger partial charge in [0.1, 0.15) is 11.9 Å². The second kappa shape index (κ2) is 4.89. The summed E-state index contributed by atoms with van der Waals surface area (Å²) < 4.78 is 18.3. The largest absolute Gasteiger partial charge is 0.462 e. The normalized spacial score (nSPS) is 9.47. The Morgan fingerprint density at radius 1 is 1.67 bits per heavy atom. The first kappa shape index (κ1) is 11.7. The zero-order chi connectivity index (χ0) is 11.4. The number of nitriles is 1. The van der Waals surface area contributed by atoms with Gasteiger partial charge in [-0.05, 0) is 35.0 Å². The molecule has 0 aliphatic heterocycles. The van der Waals surface area contributed by atoms with Crippen LogP contribution in [0.5, 0.6) is 0 Å². The Morgan fingerprint density at radius 2 is 2.33 bits per heavy atom. The second-order valence-corrected chi connectivity index (χ2v) is 3.50. The molecule has 0 fully saturated rings. The molecule has 1 aromatic carbocycles. The van der Waals surface area contributed by atoms with Crippen LogP contribution in [0.4, 0.5) is 4.39 Å². The molecule has 0 heterocycles. The van der Waals surface area contributed by atoms with Crippen molar-refractivity contribution in [3.8, 4) is 6.07 Å². The lowest BCUT2D eigenvalue weighted by Crippen LogP contribution is -2.07. The third kappa shape index (κ3) is 2.54. The summed E-state index contributed by atoms with van der Waals surface area (Å²) in [6.45, 7) is 1.81. The van der Waals surface area contributed by atoms with E-state index < -0.39 is 11.8 Å². The standard InChI is InChI=1S/C10H7BrFNO2/c1-2-15-10(14)7-4-8(11)6(5-13)3-9(7)12/h3-4H,2H2,1H3. The van der Waals surface area contributed by atoms with E-state index in [2.05, 4.69) is 20.7 Å². The van der Waals surface area contributed by atoms with Gasteiger partial charge in [-0.2, -0.15) is 5.26 Å². The highest BCUT2D eigenvalue weighted by Crippen LogP contribution is 2.21. The van der Waals surface area contributed by atoms with Gasteiger partial charge in [-0.1, -0.05) is 0 Å². The van der Waals surface area contributed by atoms with Gasteiger partial charge in [-0.25, -0.2) is 9.18 Å². The van der Waals surface area contributed by atoms with Crippen LogP contribution >= 0.6 is 15.9 Å². The highest BCUT2D eigenvalue weighted by molar-refractivity contribution is 9.10. The van der Waals surface area contributed by atoms with E-state index >= 15 is 0 Å². The van der Waals surface area contributed by atoms with Gasteiger partial charge in [-0.15, -0.1) is 0 Å². The summed E-state index contributed by atoms with van der Waals surface area (Å²) in [6, 6.07) is 4.03. The van der Waals surface area contributed by atoms with Gasteiger partial charge in [0.2, 0.25) is 0 Å². The summed E-state index contributed by atoms with van der Waals surface area (Å²) in [5.41, 5.74) is -0.0386. The average molecular weight is 272 g/mol. The van der Waals surface area contributed by atoms with Crippen molar-refractivity contribution in [3.05, 3.63) is 33.5 Å². The molecule has 5 heteroatoms. The predicted octanol–water partition coefficient (Wildman–Crippen LogP) is 2.64. The molecule has 0 unspecified atom stereocenters. The van der Waals surface area contributed by atoms with E-state index in [1.807, 2.05) is 0 Å². The molecule has 0 atom stereocenters. The number of carbonyl (C=O) groups excluding carboxylic acids is 1. The SMILES string of the molecule is CCOC(=O)c1cc(Br)c(C#N)cc1F. The summed E-state index contributed by atoms with van der Waals surface area (Å²) >= 11 is 3.06. The van der Waals surface area contributed by atoms with Crippen molar-refractivity contribution >= 4 is 21.9 Å². The third-order valence-corrected chi connectivity index (χ3v) is 2.33. The summed E-state index contributed by atoms with van der Waals surface area (Å²) in [6.07, 6.45) is 0. The lowest BCUT2D eigenvalue weighted by atomic mass is 10.1. The summed E-state index contributed by atoms with van der Waals surface area (Å²) in [4.78, 5) is 11.3. The number of hydrogen-bond donors (Lipinski definition) is 0. The minimum absolute atomic E-state index is 0.139. The van der Waals surface area contributed by atoms with Crippen LogP contribution in [0.25, 0.3) is 0 Å². The van der Waals surface area contributed by atoms with Gasteiger partial charge in [0.05, 0.1) is 17.7 Å². The third-order valence-electron chi connectivity index (χ3n) is 1.67. The number of nitrogens with zero attached hydrogens (tertiary/aromatic N) is 1. The first-order chi connectivity index (χ1) is 7.10. The number of esters is 1. The smallest absolute Gasteiger partial charge is 0.341 e. The van der Waals surface area contributed by atoms with Crippen molar-refractivity contribution in [2.75, 3.05) is 6.61 Å². The highest BCUT2D eigenvalue weighted by Gasteiger charge is 2.15. The molecule has 78 valence electrons. The van der Waals surface area contributed by atoms with Gasteiger partial charge < -0.3 is 4.74 Å². The fourth-order valence-corrected chi connectivity index (χ4v) is 1.43. The molecular formula is C10H7BrFNO2. The Balaban J connectivity index is 3.17. The van der Waals surface area contributed by atoms with Crippen molar-refractivity contribution in [2.45, 2.75) is 6.92 Å². The lowest BCUT2D eigenvalue weighted by Gasteiger charge is -2.04. The van der Waals surface area contributed by atoms with Crippen LogP contribution < -0.4 is 0 Å². The zero-order valence-electron chi connectivity index (χ0n) is 7.88. The van der Waals surface area contributed by atoms with Gasteiger partial charge >= 0.3 is 5.97 Å². The molecule has 15 heavy (non-hydrogen) atoms. The van der Waals surface area contributed by atoms with E-state index in [9.17, 15) is 9.18 Å². The number of rotatable bonds is 2. The first-order valence-corrected chi connectivity index (χ1v) is 4.95. The number of hydrogen-bond acceptors (Lipinski definition) is 3. The molecule has 0 N–H and O–H groups in total. The maximum atomic E-state index is 13.3. The average Bonchev–Trinajstić information content (AvgIpc) is 2.21. The molecule has 0 radical (unpaired) electrons. The van der Waals surface area contributed by atoms with Gasteiger partial charge in [0, 0.05) is 4.47 Å². The Morgan fingerprint density at radius 3 is 2.87 bits per heavy atom. The Bertz CT molecular complexity index is 440. The molecule has 0 saturated heterocycles. The van der Waals surface area contributed by atoms with Crippen LogP contribution in [0.1, 0.15) is 22.8 Å². The van der Waals surface area contributed by atoms with Crippen LogP contribution in [-0.4, -0.2) is 12.6 Å². The summed E-state index contributed by atoms with van der Waals surface area (Å²) in [7, 11) is 0. The Hall–Kier alpha value is -1.41. The molecule has 0 bridgehead atoms. The summed E-state index contributed by atoms with van der Waals surface area (Å²) in [5, 5.41) is 8.61. The fourth-order valence-electron chi connectivity index (χ4n) is 0.998. The second-order valence-electron chi connectivity index (χ2n) is 2.64. The van der Waals surface area contributed by atoms with Crippen LogP contribution in [-0.2, 0) is 4.74 Å². The fraction of sp³-hybridized carbons (Fsp3) is 0.200. The van der Waals surface area contributed by atoms with Crippen LogP contribution in [0.15, 0.2) is 16.6 Å². The quantitative estimate of drug-likeness (QED) is 0.777. The van der Waals surface area contributed by atoms with E-state index in [0.29, 0.717) is 4.47 Å². The molecule has 0 saturated carbocycles. The lowest BCUT2D eigenvalue weighted by molar-refractivity contribution is 0.0521. The topological polar surface area (TPSA) is 50.1 Å². The van der Waals surface area contributed by atoms with Gasteiger partial charge in [0.15, 0.2) is 0 Å².